The van der Waals surface area contributed by atoms with Crippen molar-refractivity contribution in [1.29, 1.82) is 0 Å². The molecule has 0 fully saturated rings. The third-order valence-corrected chi connectivity index (χ3v) is 2.44. The third kappa shape index (κ3) is 5.74. The first-order chi connectivity index (χ1) is 6.88. The second-order valence-corrected chi connectivity index (χ2v) is 4.69. The monoisotopic (exact) mass is 215 g/mol. The Bertz CT molecular complexity index is 192. The number of carbonyl (C=O) groups is 1. The van der Waals surface area contributed by atoms with Gasteiger partial charge in [0.05, 0.1) is 6.04 Å². The van der Waals surface area contributed by atoms with Gasteiger partial charge in [-0.1, -0.05) is 13.8 Å². The van der Waals surface area contributed by atoms with Gasteiger partial charge in [-0.3, -0.25) is 9.69 Å². The van der Waals surface area contributed by atoms with Crippen LogP contribution in [-0.4, -0.2) is 43.0 Å². The van der Waals surface area contributed by atoms with Gasteiger partial charge < -0.3 is 11.1 Å². The van der Waals surface area contributed by atoms with Crippen molar-refractivity contribution in [3.8, 4) is 0 Å². The zero-order valence-corrected chi connectivity index (χ0v) is 10.6. The van der Waals surface area contributed by atoms with E-state index in [9.17, 15) is 4.79 Å². The summed E-state index contributed by atoms with van der Waals surface area (Å²) in [5.74, 6) is 0.310. The molecule has 0 aliphatic heterocycles. The van der Waals surface area contributed by atoms with Crippen molar-refractivity contribution in [3.63, 3.8) is 0 Å². The molecule has 0 saturated heterocycles. The largest absolute Gasteiger partial charge is 0.368 e. The lowest BCUT2D eigenvalue weighted by Gasteiger charge is -2.30. The topological polar surface area (TPSA) is 58.4 Å². The summed E-state index contributed by atoms with van der Waals surface area (Å²) in [6.07, 6.45) is 0. The summed E-state index contributed by atoms with van der Waals surface area (Å²) in [7, 11) is 1.77. The van der Waals surface area contributed by atoms with E-state index < -0.39 is 0 Å². The Kier molecular flexibility index (Phi) is 6.52. The minimum absolute atomic E-state index is 0.258. The number of hydrogen-bond donors (Lipinski definition) is 2. The molecule has 3 N–H and O–H groups in total. The van der Waals surface area contributed by atoms with Crippen molar-refractivity contribution in [2.45, 2.75) is 39.8 Å². The molecule has 0 saturated carbocycles. The molecule has 1 unspecified atom stereocenters. The molecular formula is C11H25N3O. The number of nitrogens with zero attached hydrogens (tertiary/aromatic N) is 1. The van der Waals surface area contributed by atoms with Crippen LogP contribution in [0.1, 0.15) is 27.7 Å². The highest BCUT2D eigenvalue weighted by atomic mass is 16.1. The Morgan fingerprint density at radius 2 is 1.80 bits per heavy atom. The first-order valence-corrected chi connectivity index (χ1v) is 5.59. The summed E-state index contributed by atoms with van der Waals surface area (Å²) in [6, 6.07) is 0.175. The molecule has 0 aromatic rings. The normalized spacial score (nSPS) is 13.9. The molecule has 0 radical (unpaired) electrons. The van der Waals surface area contributed by atoms with Gasteiger partial charge in [-0.25, -0.2) is 0 Å². The van der Waals surface area contributed by atoms with Crippen LogP contribution < -0.4 is 11.1 Å². The lowest BCUT2D eigenvalue weighted by molar-refractivity contribution is -0.120. The number of nitrogens with one attached hydrogen (secondary N) is 1. The van der Waals surface area contributed by atoms with E-state index in [2.05, 4.69) is 37.9 Å². The Morgan fingerprint density at radius 1 is 1.27 bits per heavy atom. The van der Waals surface area contributed by atoms with Crippen LogP contribution in [0.15, 0.2) is 0 Å². The summed E-state index contributed by atoms with van der Waals surface area (Å²) >= 11 is 0. The van der Waals surface area contributed by atoms with E-state index in [0.717, 1.165) is 6.54 Å². The van der Waals surface area contributed by atoms with E-state index in [-0.39, 0.29) is 11.9 Å². The van der Waals surface area contributed by atoms with Crippen molar-refractivity contribution >= 4 is 5.91 Å². The van der Waals surface area contributed by atoms with Crippen LogP contribution in [0.2, 0.25) is 0 Å². The SMILES string of the molecule is CNC(CN(CC(C)C)C(C)C)C(N)=O. The smallest absolute Gasteiger partial charge is 0.235 e. The highest BCUT2D eigenvalue weighted by Crippen LogP contribution is 2.05. The third-order valence-electron chi connectivity index (χ3n) is 2.44. The van der Waals surface area contributed by atoms with Crippen LogP contribution in [0, 0.1) is 5.92 Å². The number of nitrogens with two attached hydrogens (primary N) is 1. The summed E-state index contributed by atoms with van der Waals surface area (Å²) in [5, 5.41) is 2.94. The molecule has 0 bridgehead atoms. The number of rotatable bonds is 7. The first-order valence-electron chi connectivity index (χ1n) is 5.59. The van der Waals surface area contributed by atoms with Crippen molar-refractivity contribution < 1.29 is 4.79 Å². The van der Waals surface area contributed by atoms with E-state index in [4.69, 9.17) is 5.73 Å². The molecule has 0 heterocycles. The van der Waals surface area contributed by atoms with Crippen LogP contribution in [0.4, 0.5) is 0 Å². The summed E-state index contributed by atoms with van der Waals surface area (Å²) in [5.41, 5.74) is 5.30. The lowest BCUT2D eigenvalue weighted by Crippen LogP contribution is -2.50. The molecule has 1 atom stereocenters. The molecule has 0 aromatic carbocycles. The molecule has 0 spiro atoms. The van der Waals surface area contributed by atoms with Crippen LogP contribution in [-0.2, 0) is 4.79 Å². The van der Waals surface area contributed by atoms with E-state index in [1.54, 1.807) is 7.05 Å². The average Bonchev–Trinajstić information content (AvgIpc) is 2.10. The van der Waals surface area contributed by atoms with Crippen LogP contribution >= 0.6 is 0 Å². The van der Waals surface area contributed by atoms with Crippen LogP contribution in [0.5, 0.6) is 0 Å². The fourth-order valence-electron chi connectivity index (χ4n) is 1.52. The summed E-state index contributed by atoms with van der Waals surface area (Å²) < 4.78 is 0. The Labute approximate surface area is 93.2 Å². The minimum atomic E-state index is -0.285. The van der Waals surface area contributed by atoms with Crippen LogP contribution in [0.25, 0.3) is 0 Å². The molecule has 0 rings (SSSR count). The number of amides is 1. The number of hydrogen-bond acceptors (Lipinski definition) is 3. The molecule has 0 aliphatic carbocycles. The minimum Gasteiger partial charge on any atom is -0.368 e. The average molecular weight is 215 g/mol. The fraction of sp³-hybridized carbons (Fsp3) is 0.909. The second kappa shape index (κ2) is 6.80. The predicted molar refractivity (Wildman–Crippen MR) is 63.6 cm³/mol. The van der Waals surface area contributed by atoms with Crippen molar-refractivity contribution in [2.24, 2.45) is 11.7 Å². The summed E-state index contributed by atoms with van der Waals surface area (Å²) in [4.78, 5) is 13.4. The van der Waals surface area contributed by atoms with Gasteiger partial charge in [-0.05, 0) is 26.8 Å². The van der Waals surface area contributed by atoms with Gasteiger partial charge in [0.2, 0.25) is 5.91 Å². The summed E-state index contributed by atoms with van der Waals surface area (Å²) in [6.45, 7) is 10.3. The molecule has 0 aliphatic rings. The van der Waals surface area contributed by atoms with Gasteiger partial charge in [0, 0.05) is 19.1 Å². The molecule has 4 heteroatoms. The zero-order valence-electron chi connectivity index (χ0n) is 10.6. The standard InChI is InChI=1S/C11H25N3O/c1-8(2)6-14(9(3)4)7-10(13-5)11(12)15/h8-10,13H,6-7H2,1-5H3,(H2,12,15). The van der Waals surface area contributed by atoms with Gasteiger partial charge in [-0.15, -0.1) is 0 Å². The number of likely N-dealkylation sites (N-methyl/N-ethyl adjacent to an activating group) is 1. The molecule has 4 nitrogen and oxygen atoms in total. The Hall–Kier alpha value is -0.610. The van der Waals surface area contributed by atoms with E-state index in [1.807, 2.05) is 0 Å². The van der Waals surface area contributed by atoms with Gasteiger partial charge in [0.25, 0.3) is 0 Å². The maximum absolute atomic E-state index is 11.1. The van der Waals surface area contributed by atoms with Crippen LogP contribution in [0.3, 0.4) is 0 Å². The Morgan fingerprint density at radius 3 is 2.07 bits per heavy atom. The van der Waals surface area contributed by atoms with Gasteiger partial charge in [-0.2, -0.15) is 0 Å². The maximum Gasteiger partial charge on any atom is 0.235 e. The van der Waals surface area contributed by atoms with Gasteiger partial charge in [0.15, 0.2) is 0 Å². The van der Waals surface area contributed by atoms with E-state index >= 15 is 0 Å². The quantitative estimate of drug-likeness (QED) is 0.647. The second-order valence-electron chi connectivity index (χ2n) is 4.69. The fourth-order valence-corrected chi connectivity index (χ4v) is 1.52. The molecular weight excluding hydrogens is 190 g/mol. The number of primary amides is 1. The maximum atomic E-state index is 11.1. The van der Waals surface area contributed by atoms with E-state index in [0.29, 0.717) is 18.5 Å². The zero-order chi connectivity index (χ0) is 12.0. The predicted octanol–water partition coefficient (Wildman–Crippen LogP) is 0.426. The van der Waals surface area contributed by atoms with Crippen molar-refractivity contribution in [2.75, 3.05) is 20.1 Å². The van der Waals surface area contributed by atoms with Gasteiger partial charge in [0.1, 0.15) is 0 Å². The highest BCUT2D eigenvalue weighted by molar-refractivity contribution is 5.80. The molecule has 0 aromatic heterocycles. The lowest BCUT2D eigenvalue weighted by atomic mass is 10.1. The van der Waals surface area contributed by atoms with Crippen molar-refractivity contribution in [3.05, 3.63) is 0 Å². The van der Waals surface area contributed by atoms with E-state index in [1.165, 1.54) is 0 Å². The number of carbonyl (C=O) groups excluding carboxylic acids is 1. The molecule has 90 valence electrons. The Balaban J connectivity index is 4.31. The van der Waals surface area contributed by atoms with Gasteiger partial charge >= 0.3 is 0 Å². The molecule has 1 amide bonds. The highest BCUT2D eigenvalue weighted by Gasteiger charge is 2.19. The first kappa shape index (κ1) is 14.4. The van der Waals surface area contributed by atoms with Crippen molar-refractivity contribution in [1.82, 2.24) is 10.2 Å². The molecule has 15 heavy (non-hydrogen) atoms.